The van der Waals surface area contributed by atoms with Crippen LogP contribution >= 0.6 is 0 Å². The Hall–Kier alpha value is -15.5. The second-order valence-electron chi connectivity index (χ2n) is 30.3. The first-order valence-electron chi connectivity index (χ1n) is 40.1. The second-order valence-corrected chi connectivity index (χ2v) is 30.3. The van der Waals surface area contributed by atoms with Crippen LogP contribution in [0.4, 0.5) is 22.7 Å². The molecule has 4 atom stereocenters. The van der Waals surface area contributed by atoms with Crippen LogP contribution in [-0.4, -0.2) is 42.0 Å². The van der Waals surface area contributed by atoms with Gasteiger partial charge in [-0.2, -0.15) is 0 Å². The molecular formula is C108H72N8O2. The predicted octanol–water partition coefficient (Wildman–Crippen LogP) is 26.9. The number of hydrogen-bond donors (Lipinski definition) is 0. The molecule has 10 nitrogen and oxygen atoms in total. The van der Waals surface area contributed by atoms with Crippen molar-refractivity contribution in [3.8, 4) is 124 Å². The Balaban J connectivity index is 0.000000143. The van der Waals surface area contributed by atoms with E-state index in [1.165, 1.54) is 55.9 Å². The van der Waals surface area contributed by atoms with E-state index in [1.807, 2.05) is 48.5 Å². The third kappa shape index (κ3) is 12.5. The van der Waals surface area contributed by atoms with Crippen LogP contribution in [0.1, 0.15) is 45.6 Å². The molecule has 19 aromatic rings. The fraction of sp³-hybridized carbons (Fsp3) is 0.0370. The highest BCUT2D eigenvalue weighted by molar-refractivity contribution is 6.00. The van der Waals surface area contributed by atoms with Gasteiger partial charge in [0, 0.05) is 78.7 Å². The summed E-state index contributed by atoms with van der Waals surface area (Å²) in [5.74, 6) is 5.43. The maximum atomic E-state index is 6.93. The molecule has 118 heavy (non-hydrogen) atoms. The van der Waals surface area contributed by atoms with Crippen molar-refractivity contribution < 1.29 is 8.83 Å². The van der Waals surface area contributed by atoms with Crippen LogP contribution in [0.25, 0.3) is 158 Å². The minimum absolute atomic E-state index is 0.0600. The molecule has 15 aromatic carbocycles. The lowest BCUT2D eigenvalue weighted by molar-refractivity contribution is 0.584. The maximum absolute atomic E-state index is 6.93. The topological polar surface area (TPSA) is 110 Å². The van der Waals surface area contributed by atoms with Crippen LogP contribution in [0.5, 0.6) is 0 Å². The second kappa shape index (κ2) is 29.5. The summed E-state index contributed by atoms with van der Waals surface area (Å²) in [6, 6.07) is 136. The molecule has 0 bridgehead atoms. The summed E-state index contributed by atoms with van der Waals surface area (Å²) in [5, 5.41) is 2.14. The summed E-state index contributed by atoms with van der Waals surface area (Å²) < 4.78 is 13.8. The smallest absolute Gasteiger partial charge is 0.167 e. The van der Waals surface area contributed by atoms with E-state index in [1.54, 1.807) is 0 Å². The lowest BCUT2D eigenvalue weighted by atomic mass is 9.82. The number of para-hydroxylation sites is 4. The molecule has 0 spiro atoms. The summed E-state index contributed by atoms with van der Waals surface area (Å²) in [4.78, 5) is 35.9. The van der Waals surface area contributed by atoms with E-state index in [4.69, 9.17) is 38.7 Å². The van der Waals surface area contributed by atoms with Gasteiger partial charge in [0.05, 0.1) is 23.2 Å². The first kappa shape index (κ1) is 69.2. The minimum Gasteiger partial charge on any atom is -0.456 e. The van der Waals surface area contributed by atoms with E-state index in [0.717, 1.165) is 112 Å². The zero-order chi connectivity index (χ0) is 78.0. The Bertz CT molecular complexity index is 7060. The number of furan rings is 2. The molecule has 10 heteroatoms. The molecular weight excluding hydrogens is 1440 g/mol. The first-order chi connectivity index (χ1) is 58.5. The van der Waals surface area contributed by atoms with E-state index in [-0.39, 0.29) is 23.9 Å². The van der Waals surface area contributed by atoms with Crippen LogP contribution in [0.2, 0.25) is 0 Å². The lowest BCUT2D eigenvalue weighted by Gasteiger charge is -2.30. The number of rotatable bonds is 13. The van der Waals surface area contributed by atoms with Crippen molar-refractivity contribution in [2.45, 2.75) is 23.9 Å². The van der Waals surface area contributed by atoms with Crippen LogP contribution in [0, 0.1) is 0 Å². The molecule has 0 N–H and O–H groups in total. The fourth-order valence-corrected chi connectivity index (χ4v) is 17.9. The predicted molar refractivity (Wildman–Crippen MR) is 478 cm³/mol. The molecule has 0 saturated heterocycles. The Kier molecular flexibility index (Phi) is 17.3. The van der Waals surface area contributed by atoms with E-state index in [9.17, 15) is 0 Å². The third-order valence-electron chi connectivity index (χ3n) is 23.4. The van der Waals surface area contributed by atoms with Crippen LogP contribution in [-0.2, 0) is 0 Å². The van der Waals surface area contributed by atoms with Crippen molar-refractivity contribution >= 4 is 56.8 Å². The normalized spacial score (nSPS) is 15.2. The van der Waals surface area contributed by atoms with Gasteiger partial charge in [0.25, 0.3) is 0 Å². The Morgan fingerprint density at radius 3 is 0.873 bits per heavy atom. The van der Waals surface area contributed by atoms with E-state index >= 15 is 0 Å². The molecule has 4 aromatic heterocycles. The van der Waals surface area contributed by atoms with Crippen molar-refractivity contribution in [1.82, 2.24) is 29.9 Å². The number of fused-ring (bicyclic) bond motifs is 14. The Morgan fingerprint density at radius 1 is 0.220 bits per heavy atom. The van der Waals surface area contributed by atoms with Crippen molar-refractivity contribution in [1.29, 1.82) is 0 Å². The molecule has 0 fully saturated rings. The highest BCUT2D eigenvalue weighted by atomic mass is 16.3. The number of aromatic nitrogens is 6. The molecule has 6 heterocycles. The monoisotopic (exact) mass is 1510 g/mol. The molecule has 556 valence electrons. The molecule has 0 saturated carbocycles. The van der Waals surface area contributed by atoms with Crippen LogP contribution in [0.15, 0.2) is 409 Å². The van der Waals surface area contributed by atoms with Crippen molar-refractivity contribution in [2.75, 3.05) is 9.80 Å². The summed E-state index contributed by atoms with van der Waals surface area (Å²) in [6.07, 6.45) is 8.92. The van der Waals surface area contributed by atoms with Gasteiger partial charge in [0.15, 0.2) is 34.9 Å². The van der Waals surface area contributed by atoms with Gasteiger partial charge in [-0.15, -0.1) is 0 Å². The average Bonchev–Trinajstić information content (AvgIpc) is 1.56. The molecule has 23 rings (SSSR count). The lowest BCUT2D eigenvalue weighted by Crippen LogP contribution is -2.30. The van der Waals surface area contributed by atoms with Crippen LogP contribution < -0.4 is 9.80 Å². The minimum atomic E-state index is 0.0600. The van der Waals surface area contributed by atoms with Gasteiger partial charge in [-0.25, -0.2) is 29.9 Å². The quantitative estimate of drug-likeness (QED) is 0.111. The average molecular weight is 1510 g/mol. The van der Waals surface area contributed by atoms with Gasteiger partial charge in [0.1, 0.15) is 22.7 Å². The number of anilines is 4. The molecule has 0 amide bonds. The largest absolute Gasteiger partial charge is 0.456 e. The zero-order valence-corrected chi connectivity index (χ0v) is 64.0. The van der Waals surface area contributed by atoms with Crippen molar-refractivity contribution in [2.24, 2.45) is 0 Å². The van der Waals surface area contributed by atoms with Gasteiger partial charge >= 0.3 is 0 Å². The first-order valence-corrected chi connectivity index (χ1v) is 40.1. The Morgan fingerprint density at radius 2 is 0.492 bits per heavy atom. The Labute approximate surface area is 683 Å². The molecule has 2 aliphatic carbocycles. The van der Waals surface area contributed by atoms with Gasteiger partial charge < -0.3 is 18.6 Å². The van der Waals surface area contributed by atoms with Gasteiger partial charge in [-0.1, -0.05) is 340 Å². The highest BCUT2D eigenvalue weighted by Gasteiger charge is 2.45. The summed E-state index contributed by atoms with van der Waals surface area (Å²) >= 11 is 0. The van der Waals surface area contributed by atoms with Crippen LogP contribution in [0.3, 0.4) is 0 Å². The number of benzene rings is 15. The number of nitrogens with zero attached hydrogens (tertiary/aromatic N) is 8. The standard InChI is InChI=1S/C57H38N4O.C51H34N4O/c1-4-14-37(15-5-1)40-26-28-42(29-27-40)55-58-56(44-21-12-20-43(36-44)39-18-8-3-9-19-39)60-57(59-55)48-24-13-23-47-53-51(62-54(47)48)35-34-50-52(53)46-22-10-11-25-49(46)61(50)45-32-30-41(31-33-45)38-16-6-2-7-17-38;1-4-14-33(15-5-1)35-26-28-39(29-27-35)55-43-25-11-10-22-40(43)46-44(55)30-31-45-47(46)41-23-13-24-42(48(41)56-45)51-53-49(36-18-8-3-9-19-36)52-50(54-51)38-21-12-20-37(32-38)34-16-6-2-7-17-34/h1-36,50,52H;1-32,44,46H. The molecule has 4 aliphatic rings. The van der Waals surface area contributed by atoms with Crippen molar-refractivity contribution in [3.05, 3.63) is 434 Å². The van der Waals surface area contributed by atoms with E-state index < -0.39 is 0 Å². The molecule has 4 unspecified atom stereocenters. The van der Waals surface area contributed by atoms with Gasteiger partial charge in [-0.3, -0.25) is 0 Å². The number of hydrogen-bond acceptors (Lipinski definition) is 10. The highest BCUT2D eigenvalue weighted by Crippen LogP contribution is 2.57. The van der Waals surface area contributed by atoms with Gasteiger partial charge in [0.2, 0.25) is 0 Å². The molecule has 2 aliphatic heterocycles. The SMILES string of the molecule is C1=CC2C(c3ccccc3N2c2ccc(-c3ccccc3)cc2)c2c1oc1c(-c3nc(-c4ccc(-c5ccccc5)cc4)nc(-c4cccc(-c5ccccc5)c4)n3)cccc21.C1=CC2C(c3ccccc3N2c2ccc(-c3ccccc3)cc2)c2c1oc1c(-c3nc(-c4ccccc4)nc(-c4cccc(-c5ccccc5)c4)n3)cccc21. The summed E-state index contributed by atoms with van der Waals surface area (Å²) in [6.45, 7) is 0. The third-order valence-corrected chi connectivity index (χ3v) is 23.4. The summed E-state index contributed by atoms with van der Waals surface area (Å²) in [7, 11) is 0. The molecule has 0 radical (unpaired) electrons. The summed E-state index contributed by atoms with van der Waals surface area (Å²) in [5.41, 5.74) is 28.1. The van der Waals surface area contributed by atoms with E-state index in [2.05, 4.69) is 374 Å². The van der Waals surface area contributed by atoms with E-state index in [0.29, 0.717) is 34.9 Å². The van der Waals surface area contributed by atoms with Crippen molar-refractivity contribution in [3.63, 3.8) is 0 Å². The zero-order valence-electron chi connectivity index (χ0n) is 64.0. The maximum Gasteiger partial charge on any atom is 0.167 e. The fourth-order valence-electron chi connectivity index (χ4n) is 17.9. The van der Waals surface area contributed by atoms with Gasteiger partial charge in [-0.05, 0) is 140 Å².